The predicted octanol–water partition coefficient (Wildman–Crippen LogP) is 1.33. The summed E-state index contributed by atoms with van der Waals surface area (Å²) in [7, 11) is 1.85. The molecule has 0 atom stereocenters. The van der Waals surface area contributed by atoms with E-state index in [0.29, 0.717) is 17.1 Å². The molecular weight excluding hydrogens is 250 g/mol. The first-order valence-electron chi connectivity index (χ1n) is 5.41. The van der Waals surface area contributed by atoms with Crippen LogP contribution in [0, 0.1) is 0 Å². The van der Waals surface area contributed by atoms with Crippen LogP contribution < -0.4 is 10.9 Å². The molecule has 0 amide bonds. The molecule has 0 unspecified atom stereocenters. The van der Waals surface area contributed by atoms with Crippen LogP contribution in [0.3, 0.4) is 0 Å². The number of aromatic amines is 1. The molecule has 0 aromatic carbocycles. The number of anilines is 1. The number of hydrogen-bond donors (Lipinski definition) is 2. The van der Waals surface area contributed by atoms with Crippen LogP contribution in [0.1, 0.15) is 5.82 Å². The molecule has 2 N–H and O–H groups in total. The van der Waals surface area contributed by atoms with E-state index in [9.17, 15) is 4.79 Å². The number of hydrogen-bond acceptors (Lipinski definition) is 5. The van der Waals surface area contributed by atoms with E-state index in [1.54, 1.807) is 10.9 Å². The summed E-state index contributed by atoms with van der Waals surface area (Å²) in [5, 5.41) is 9.07. The minimum atomic E-state index is -0.0852. The minimum Gasteiger partial charge on any atom is -0.375 e. The molecule has 3 rings (SSSR count). The van der Waals surface area contributed by atoms with Crippen molar-refractivity contribution >= 4 is 27.2 Å². The Morgan fingerprint density at radius 1 is 1.56 bits per heavy atom. The molecule has 3 heterocycles. The smallest absolute Gasteiger partial charge is 0.268 e. The molecule has 0 aliphatic rings. The van der Waals surface area contributed by atoms with Crippen molar-refractivity contribution < 1.29 is 0 Å². The van der Waals surface area contributed by atoms with Gasteiger partial charge in [-0.15, -0.1) is 11.3 Å². The van der Waals surface area contributed by atoms with Gasteiger partial charge in [0.2, 0.25) is 0 Å². The van der Waals surface area contributed by atoms with Gasteiger partial charge >= 0.3 is 0 Å². The van der Waals surface area contributed by atoms with Gasteiger partial charge in [-0.25, -0.2) is 4.98 Å². The standard InChI is InChI=1S/C11H11N5OS/c1-16-6-7(4-13-16)12-5-9-14-8-2-3-18-10(8)11(17)15-9/h2-4,6,12H,5H2,1H3,(H,14,15,17). The van der Waals surface area contributed by atoms with E-state index in [-0.39, 0.29) is 5.56 Å². The van der Waals surface area contributed by atoms with Crippen molar-refractivity contribution in [3.8, 4) is 0 Å². The Morgan fingerprint density at radius 3 is 3.22 bits per heavy atom. The van der Waals surface area contributed by atoms with Crippen LogP contribution in [0.5, 0.6) is 0 Å². The molecule has 0 radical (unpaired) electrons. The largest absolute Gasteiger partial charge is 0.375 e. The van der Waals surface area contributed by atoms with Gasteiger partial charge in [-0.05, 0) is 11.4 Å². The lowest BCUT2D eigenvalue weighted by Gasteiger charge is -2.02. The second kappa shape index (κ2) is 4.26. The van der Waals surface area contributed by atoms with Crippen LogP contribution in [0.15, 0.2) is 28.6 Å². The highest BCUT2D eigenvalue weighted by Gasteiger charge is 2.05. The highest BCUT2D eigenvalue weighted by Crippen LogP contribution is 2.14. The molecule has 92 valence electrons. The fourth-order valence-electron chi connectivity index (χ4n) is 1.70. The van der Waals surface area contributed by atoms with E-state index in [1.165, 1.54) is 11.3 Å². The van der Waals surface area contributed by atoms with E-state index in [4.69, 9.17) is 0 Å². The third kappa shape index (κ3) is 2.00. The Kier molecular flexibility index (Phi) is 2.60. The molecule has 0 bridgehead atoms. The Morgan fingerprint density at radius 2 is 2.44 bits per heavy atom. The summed E-state index contributed by atoms with van der Waals surface area (Å²) < 4.78 is 2.38. The minimum absolute atomic E-state index is 0.0852. The maximum atomic E-state index is 11.7. The number of nitrogens with one attached hydrogen (secondary N) is 2. The van der Waals surface area contributed by atoms with Gasteiger partial charge in [0.05, 0.1) is 23.9 Å². The molecule has 6 nitrogen and oxygen atoms in total. The molecule has 3 aromatic rings. The van der Waals surface area contributed by atoms with Crippen LogP contribution in [-0.2, 0) is 13.6 Å². The summed E-state index contributed by atoms with van der Waals surface area (Å²) in [4.78, 5) is 18.9. The zero-order valence-electron chi connectivity index (χ0n) is 9.67. The van der Waals surface area contributed by atoms with Crippen molar-refractivity contribution in [2.45, 2.75) is 6.54 Å². The monoisotopic (exact) mass is 261 g/mol. The summed E-state index contributed by atoms with van der Waals surface area (Å²) in [5.74, 6) is 0.620. The van der Waals surface area contributed by atoms with E-state index in [2.05, 4.69) is 20.4 Å². The van der Waals surface area contributed by atoms with Crippen LogP contribution in [0.2, 0.25) is 0 Å². The highest BCUT2D eigenvalue weighted by atomic mass is 32.1. The van der Waals surface area contributed by atoms with Crippen molar-refractivity contribution in [3.05, 3.63) is 40.0 Å². The third-order valence-electron chi connectivity index (χ3n) is 2.53. The molecule has 3 aromatic heterocycles. The Balaban J connectivity index is 1.84. The normalized spacial score (nSPS) is 10.9. The molecule has 0 aliphatic heterocycles. The Hall–Kier alpha value is -2.15. The first kappa shape index (κ1) is 11.0. The fourth-order valence-corrected chi connectivity index (χ4v) is 2.43. The molecule has 0 spiro atoms. The summed E-state index contributed by atoms with van der Waals surface area (Å²) in [6.07, 6.45) is 3.59. The lowest BCUT2D eigenvalue weighted by Crippen LogP contribution is -2.13. The average molecular weight is 261 g/mol. The van der Waals surface area contributed by atoms with Crippen molar-refractivity contribution in [2.75, 3.05) is 5.32 Å². The number of H-pyrrole nitrogens is 1. The van der Waals surface area contributed by atoms with E-state index in [1.807, 2.05) is 24.7 Å². The number of aryl methyl sites for hydroxylation is 1. The van der Waals surface area contributed by atoms with Gasteiger partial charge in [-0.1, -0.05) is 0 Å². The number of thiophene rings is 1. The Bertz CT molecular complexity index is 741. The summed E-state index contributed by atoms with van der Waals surface area (Å²) in [6, 6.07) is 1.85. The number of aromatic nitrogens is 4. The molecule has 0 saturated heterocycles. The Labute approximate surface area is 106 Å². The van der Waals surface area contributed by atoms with Crippen LogP contribution in [-0.4, -0.2) is 19.7 Å². The van der Waals surface area contributed by atoms with Gasteiger partial charge in [-0.2, -0.15) is 5.10 Å². The average Bonchev–Trinajstić information content (AvgIpc) is 2.95. The first-order valence-corrected chi connectivity index (χ1v) is 6.29. The predicted molar refractivity (Wildman–Crippen MR) is 70.8 cm³/mol. The third-order valence-corrected chi connectivity index (χ3v) is 3.43. The van der Waals surface area contributed by atoms with Gasteiger partial charge in [-0.3, -0.25) is 9.48 Å². The quantitative estimate of drug-likeness (QED) is 0.746. The molecule has 7 heteroatoms. The highest BCUT2D eigenvalue weighted by molar-refractivity contribution is 7.17. The summed E-state index contributed by atoms with van der Waals surface area (Å²) in [5.41, 5.74) is 1.55. The zero-order chi connectivity index (χ0) is 12.5. The van der Waals surface area contributed by atoms with Crippen LogP contribution in [0.4, 0.5) is 5.69 Å². The van der Waals surface area contributed by atoms with E-state index < -0.39 is 0 Å². The maximum absolute atomic E-state index is 11.7. The lowest BCUT2D eigenvalue weighted by molar-refractivity contribution is 0.768. The number of nitrogens with zero attached hydrogens (tertiary/aromatic N) is 3. The number of fused-ring (bicyclic) bond motifs is 1. The molecule has 18 heavy (non-hydrogen) atoms. The fraction of sp³-hybridized carbons (Fsp3) is 0.182. The van der Waals surface area contributed by atoms with Gasteiger partial charge < -0.3 is 10.3 Å². The zero-order valence-corrected chi connectivity index (χ0v) is 10.5. The maximum Gasteiger partial charge on any atom is 0.268 e. The molecule has 0 aliphatic carbocycles. The van der Waals surface area contributed by atoms with Crippen molar-refractivity contribution in [1.82, 2.24) is 19.7 Å². The SMILES string of the molecule is Cn1cc(NCc2nc3ccsc3c(=O)[nH]2)cn1. The van der Waals surface area contributed by atoms with Crippen LogP contribution in [0.25, 0.3) is 10.2 Å². The second-order valence-corrected chi connectivity index (χ2v) is 4.82. The second-order valence-electron chi connectivity index (χ2n) is 3.90. The van der Waals surface area contributed by atoms with Gasteiger partial charge in [0, 0.05) is 13.2 Å². The summed E-state index contributed by atoms with van der Waals surface area (Å²) >= 11 is 1.40. The van der Waals surface area contributed by atoms with Gasteiger partial charge in [0.1, 0.15) is 10.5 Å². The van der Waals surface area contributed by atoms with Gasteiger partial charge in [0.25, 0.3) is 5.56 Å². The topological polar surface area (TPSA) is 75.6 Å². The van der Waals surface area contributed by atoms with Crippen molar-refractivity contribution in [1.29, 1.82) is 0 Å². The van der Waals surface area contributed by atoms with Crippen molar-refractivity contribution in [2.24, 2.45) is 7.05 Å². The lowest BCUT2D eigenvalue weighted by atomic mass is 10.4. The summed E-state index contributed by atoms with van der Waals surface area (Å²) in [6.45, 7) is 0.465. The number of rotatable bonds is 3. The van der Waals surface area contributed by atoms with Crippen LogP contribution >= 0.6 is 11.3 Å². The van der Waals surface area contributed by atoms with E-state index in [0.717, 1.165) is 11.2 Å². The van der Waals surface area contributed by atoms with Gasteiger partial charge in [0.15, 0.2) is 0 Å². The van der Waals surface area contributed by atoms with E-state index >= 15 is 0 Å². The van der Waals surface area contributed by atoms with Crippen molar-refractivity contribution in [3.63, 3.8) is 0 Å². The molecule has 0 fully saturated rings. The molecular formula is C11H11N5OS. The molecule has 0 saturated carbocycles. The first-order chi connectivity index (χ1) is 8.72.